The summed E-state index contributed by atoms with van der Waals surface area (Å²) in [5, 5.41) is 4.51. The summed E-state index contributed by atoms with van der Waals surface area (Å²) in [5.41, 5.74) is 10.8. The first-order chi connectivity index (χ1) is 51.3. The highest BCUT2D eigenvalue weighted by Gasteiger charge is 2.28. The lowest BCUT2D eigenvalue weighted by atomic mass is 10.2. The van der Waals surface area contributed by atoms with E-state index in [-0.39, 0.29) is 27.8 Å². The Kier molecular flexibility index (Phi) is 30.2. The summed E-state index contributed by atoms with van der Waals surface area (Å²) in [7, 11) is 1.62. The van der Waals surface area contributed by atoms with Crippen molar-refractivity contribution in [1.29, 1.82) is 0 Å². The summed E-state index contributed by atoms with van der Waals surface area (Å²) < 4.78 is 14.2. The summed E-state index contributed by atoms with van der Waals surface area (Å²) in [6, 6.07) is 45.1. The van der Waals surface area contributed by atoms with Gasteiger partial charge >= 0.3 is 0 Å². The average Bonchev–Trinajstić information content (AvgIpc) is 1.79. The minimum absolute atomic E-state index is 0.0237. The Balaban J connectivity index is 0.000000131. The number of aryl methyl sites for hydroxylation is 6. The molecule has 0 saturated heterocycles. The number of hydrogen-bond donors (Lipinski definition) is 0. The van der Waals surface area contributed by atoms with E-state index < -0.39 is 0 Å². The third-order valence-corrected chi connectivity index (χ3v) is 28.1. The molecule has 16 nitrogen and oxygen atoms in total. The van der Waals surface area contributed by atoms with Crippen LogP contribution in [-0.4, -0.2) is 112 Å². The van der Waals surface area contributed by atoms with E-state index in [4.69, 9.17) is 29.7 Å². The minimum Gasteiger partial charge on any atom is -0.495 e. The standard InChI is InChI=1S/C16H18N2O2S2.3C16H18N2OS2.C15H16N2OS2/c1-3-9-22-16-17-11-8-10-21-14(11)15(19)18(16)12-6-4-5-7-13(12)20-2;1-3-9-21-16-17-13-8-10-20-14(13)15(19)18(16)12-6-4-11(2)5-7-12;1-3-11(2)21-16-17-13-9-10-20-14(13)15(19)18(16)12-7-5-4-6-8-12;1-2-3-10-21-16-17-13-9-11-20-14(13)15(19)18(16)12-7-5-4-6-8-12;1-2-9-20-15-16-12-8-10-19-13(12)14(18)17(15)11-6-4-3-5-7-11/h4-7H,3,8-10H2,1-2H3;4-7H,3,8-10H2,1-2H3;4-8,11H,3,9-10H2,1-2H3;4-8H,2-3,9-11H2,1H3;3-7H,2,8-10H2,1H3. The first-order valence-electron chi connectivity index (χ1n) is 35.8. The van der Waals surface area contributed by atoms with Crippen LogP contribution >= 0.6 is 118 Å². The first kappa shape index (κ1) is 79.8. The van der Waals surface area contributed by atoms with E-state index in [1.165, 1.54) is 5.56 Å². The van der Waals surface area contributed by atoms with Crippen LogP contribution in [0.1, 0.15) is 114 Å². The molecule has 105 heavy (non-hydrogen) atoms. The number of methoxy groups -OCH3 is 1. The lowest BCUT2D eigenvalue weighted by Crippen LogP contribution is -2.24. The minimum atomic E-state index is 0.0237. The SMILES string of the molecule is CCC(C)Sc1nc2c(c(=O)n1-c1ccccc1)SCC2.CCCCSc1nc2c(c(=O)n1-c1ccccc1)SCC2.CCCSc1nc2c(c(=O)n1-c1ccc(C)cc1)SCC2.CCCSc1nc2c(c(=O)n1-c1ccccc1)SCC2.CCCSc1nc2c(c(=O)n1-c1ccccc1OC)SCC2. The zero-order chi connectivity index (χ0) is 73.8. The van der Waals surface area contributed by atoms with Crippen molar-refractivity contribution in [3.05, 3.63) is 225 Å². The summed E-state index contributed by atoms with van der Waals surface area (Å²) >= 11 is 16.5. The quantitative estimate of drug-likeness (QED) is 0.0354. The van der Waals surface area contributed by atoms with Gasteiger partial charge in [0.25, 0.3) is 27.8 Å². The summed E-state index contributed by atoms with van der Waals surface area (Å²) in [4.78, 5) is 92.0. The van der Waals surface area contributed by atoms with E-state index in [9.17, 15) is 24.0 Å². The molecule has 15 rings (SSSR count). The van der Waals surface area contributed by atoms with Crippen LogP contribution in [0.5, 0.6) is 5.75 Å². The fraction of sp³-hybridized carbons (Fsp3) is 0.367. The molecule has 10 heterocycles. The largest absolute Gasteiger partial charge is 0.495 e. The van der Waals surface area contributed by atoms with Gasteiger partial charge in [0, 0.05) is 89.1 Å². The van der Waals surface area contributed by atoms with E-state index in [1.807, 2.05) is 140 Å². The number of rotatable bonds is 22. The van der Waals surface area contributed by atoms with Crippen LogP contribution in [0.15, 0.2) is 214 Å². The zero-order valence-corrected chi connectivity index (χ0v) is 68.7. The van der Waals surface area contributed by atoms with Gasteiger partial charge in [0.2, 0.25) is 0 Å². The molecule has 0 spiro atoms. The molecule has 0 amide bonds. The topological polar surface area (TPSA) is 184 Å². The fourth-order valence-corrected chi connectivity index (χ4v) is 21.3. The van der Waals surface area contributed by atoms with Gasteiger partial charge in [0.1, 0.15) is 5.75 Å². The Labute approximate surface area is 657 Å². The molecule has 550 valence electrons. The van der Waals surface area contributed by atoms with Gasteiger partial charge in [-0.3, -0.25) is 46.8 Å². The molecule has 5 aromatic carbocycles. The van der Waals surface area contributed by atoms with Crippen molar-refractivity contribution in [2.75, 3.05) is 58.9 Å². The molecule has 0 fully saturated rings. The molecule has 1 atom stereocenters. The van der Waals surface area contributed by atoms with Crippen LogP contribution < -0.4 is 32.5 Å². The Morgan fingerprint density at radius 1 is 0.381 bits per heavy atom. The van der Waals surface area contributed by atoms with E-state index in [0.717, 1.165) is 230 Å². The Morgan fingerprint density at radius 2 is 0.686 bits per heavy atom. The van der Waals surface area contributed by atoms with Gasteiger partial charge in [-0.1, -0.05) is 191 Å². The highest BCUT2D eigenvalue weighted by molar-refractivity contribution is 8.01. The maximum atomic E-state index is 12.9. The molecule has 26 heteroatoms. The fourth-order valence-electron chi connectivity index (χ4n) is 11.4. The maximum absolute atomic E-state index is 12.9. The maximum Gasteiger partial charge on any atom is 0.272 e. The molecular formula is C79H88N10O6S10. The van der Waals surface area contributed by atoms with Crippen molar-refractivity contribution < 1.29 is 4.74 Å². The van der Waals surface area contributed by atoms with Gasteiger partial charge in [-0.25, -0.2) is 24.9 Å². The predicted molar refractivity (Wildman–Crippen MR) is 447 cm³/mol. The number of aromatic nitrogens is 10. The molecule has 10 aromatic rings. The number of nitrogens with zero attached hydrogens (tertiary/aromatic N) is 10. The van der Waals surface area contributed by atoms with Crippen molar-refractivity contribution in [3.8, 4) is 34.2 Å². The third kappa shape index (κ3) is 19.6. The van der Waals surface area contributed by atoms with E-state index in [0.29, 0.717) is 11.0 Å². The Morgan fingerprint density at radius 3 is 1.03 bits per heavy atom. The van der Waals surface area contributed by atoms with E-state index in [2.05, 4.69) is 48.5 Å². The van der Waals surface area contributed by atoms with Gasteiger partial charge in [-0.15, -0.1) is 58.8 Å². The van der Waals surface area contributed by atoms with Crippen molar-refractivity contribution in [3.63, 3.8) is 0 Å². The lowest BCUT2D eigenvalue weighted by molar-refractivity contribution is 0.411. The molecule has 1 unspecified atom stereocenters. The van der Waals surface area contributed by atoms with Crippen LogP contribution in [0.4, 0.5) is 0 Å². The molecule has 0 radical (unpaired) electrons. The number of hydrogen-bond acceptors (Lipinski definition) is 21. The van der Waals surface area contributed by atoms with Crippen molar-refractivity contribution in [2.24, 2.45) is 0 Å². The second-order valence-corrected chi connectivity index (χ2v) is 35.8. The summed E-state index contributed by atoms with van der Waals surface area (Å²) in [6.07, 6.45) is 11.0. The monoisotopic (exact) mass is 1590 g/mol. The predicted octanol–water partition coefficient (Wildman–Crippen LogP) is 18.0. The van der Waals surface area contributed by atoms with Crippen LogP contribution in [0.3, 0.4) is 0 Å². The number of thioether (sulfide) groups is 10. The number of benzene rings is 5. The molecule has 0 N–H and O–H groups in total. The zero-order valence-electron chi connectivity index (χ0n) is 60.5. The first-order valence-corrected chi connectivity index (χ1v) is 45.5. The van der Waals surface area contributed by atoms with Gasteiger partial charge in [0.15, 0.2) is 25.8 Å². The molecule has 0 bridgehead atoms. The highest BCUT2D eigenvalue weighted by Crippen LogP contribution is 2.37. The van der Waals surface area contributed by atoms with Crippen LogP contribution in [0.25, 0.3) is 28.4 Å². The number of ether oxygens (including phenoxy) is 1. The normalized spacial score (nSPS) is 13.7. The van der Waals surface area contributed by atoms with Gasteiger partial charge in [-0.05, 0) is 99.7 Å². The van der Waals surface area contributed by atoms with E-state index in [1.54, 1.807) is 148 Å². The van der Waals surface area contributed by atoms with Crippen LogP contribution in [0, 0.1) is 6.92 Å². The summed E-state index contributed by atoms with van der Waals surface area (Å²) in [6.45, 7) is 15.0. The molecule has 0 aliphatic carbocycles. The third-order valence-electron chi connectivity index (χ3n) is 16.9. The molecule has 5 aliphatic rings. The van der Waals surface area contributed by atoms with Crippen molar-refractivity contribution >= 4 is 118 Å². The second-order valence-electron chi connectivity index (χ2n) is 24.6. The van der Waals surface area contributed by atoms with Gasteiger partial charge in [0.05, 0.1) is 88.5 Å². The lowest BCUT2D eigenvalue weighted by Gasteiger charge is -2.15. The van der Waals surface area contributed by atoms with E-state index >= 15 is 0 Å². The number of fused-ring (bicyclic) bond motifs is 5. The average molecular weight is 1590 g/mol. The Hall–Kier alpha value is -6.20. The molecular weight excluding hydrogens is 1510 g/mol. The number of para-hydroxylation sites is 5. The smallest absolute Gasteiger partial charge is 0.272 e. The van der Waals surface area contributed by atoms with Gasteiger partial charge in [-0.2, -0.15) is 0 Å². The van der Waals surface area contributed by atoms with Crippen molar-refractivity contribution in [2.45, 2.75) is 175 Å². The second kappa shape index (κ2) is 39.8. The van der Waals surface area contributed by atoms with Crippen LogP contribution in [-0.2, 0) is 32.1 Å². The molecule has 0 saturated carbocycles. The highest BCUT2D eigenvalue weighted by atomic mass is 32.2. The Bertz CT molecular complexity index is 4930. The molecule has 5 aromatic heterocycles. The molecule has 5 aliphatic heterocycles. The summed E-state index contributed by atoms with van der Waals surface area (Å²) in [5.74, 6) is 9.38. The van der Waals surface area contributed by atoms with Crippen LogP contribution in [0.2, 0.25) is 0 Å². The van der Waals surface area contributed by atoms with Crippen molar-refractivity contribution in [1.82, 2.24) is 47.8 Å². The number of unbranched alkanes of at least 4 members (excludes halogenated alkanes) is 1. The van der Waals surface area contributed by atoms with Gasteiger partial charge < -0.3 is 4.74 Å².